The molecule has 1 unspecified atom stereocenters. The molecular formula is C14H26N4. The Balaban J connectivity index is 1.75. The van der Waals surface area contributed by atoms with Crippen molar-refractivity contribution in [1.82, 2.24) is 20.0 Å². The molecule has 2 rings (SSSR count). The van der Waals surface area contributed by atoms with E-state index in [1.54, 1.807) is 0 Å². The predicted molar refractivity (Wildman–Crippen MR) is 74.6 cm³/mol. The van der Waals surface area contributed by atoms with Gasteiger partial charge in [-0.3, -0.25) is 9.58 Å². The van der Waals surface area contributed by atoms with E-state index < -0.39 is 0 Å². The summed E-state index contributed by atoms with van der Waals surface area (Å²) in [5, 5.41) is 7.87. The van der Waals surface area contributed by atoms with Crippen molar-refractivity contribution in [3.05, 3.63) is 18.5 Å². The summed E-state index contributed by atoms with van der Waals surface area (Å²) in [6.07, 6.45) is 9.15. The number of nitrogens with one attached hydrogen (secondary N) is 1. The smallest absolute Gasteiger partial charge is 0.0536 e. The molecule has 0 amide bonds. The Labute approximate surface area is 110 Å². The van der Waals surface area contributed by atoms with Gasteiger partial charge in [0.2, 0.25) is 0 Å². The van der Waals surface area contributed by atoms with Crippen molar-refractivity contribution in [3.63, 3.8) is 0 Å². The summed E-state index contributed by atoms with van der Waals surface area (Å²) in [6, 6.07) is 2.70. The van der Waals surface area contributed by atoms with Crippen LogP contribution in [-0.4, -0.2) is 46.9 Å². The van der Waals surface area contributed by atoms with Gasteiger partial charge in [0.25, 0.3) is 0 Å². The third kappa shape index (κ3) is 4.42. The summed E-state index contributed by atoms with van der Waals surface area (Å²) in [5.41, 5.74) is 0. The van der Waals surface area contributed by atoms with Crippen LogP contribution >= 0.6 is 0 Å². The third-order valence-corrected chi connectivity index (χ3v) is 3.67. The second-order valence-corrected chi connectivity index (χ2v) is 5.22. The first kappa shape index (κ1) is 13.6. The lowest BCUT2D eigenvalue weighted by Gasteiger charge is -2.25. The average Bonchev–Trinajstić information content (AvgIpc) is 3.05. The number of hydrogen-bond acceptors (Lipinski definition) is 3. The molecule has 1 atom stereocenters. The maximum absolute atomic E-state index is 4.27. The molecule has 1 aliphatic rings. The van der Waals surface area contributed by atoms with Gasteiger partial charge in [0.05, 0.1) is 6.54 Å². The lowest BCUT2D eigenvalue weighted by atomic mass is 10.2. The highest BCUT2D eigenvalue weighted by atomic mass is 15.3. The average molecular weight is 250 g/mol. The molecule has 0 aromatic carbocycles. The molecule has 0 spiro atoms. The number of nitrogens with zero attached hydrogens (tertiary/aromatic N) is 3. The largest absolute Gasteiger partial charge is 0.313 e. The Morgan fingerprint density at radius 1 is 1.44 bits per heavy atom. The van der Waals surface area contributed by atoms with Gasteiger partial charge in [0.1, 0.15) is 0 Å². The van der Waals surface area contributed by atoms with Crippen LogP contribution in [0, 0.1) is 0 Å². The summed E-state index contributed by atoms with van der Waals surface area (Å²) in [4.78, 5) is 2.59. The molecule has 0 aliphatic carbocycles. The summed E-state index contributed by atoms with van der Waals surface area (Å²) in [6.45, 7) is 7.99. The molecule has 0 saturated carbocycles. The maximum atomic E-state index is 4.27. The summed E-state index contributed by atoms with van der Waals surface area (Å²) < 4.78 is 2.03. The molecule has 2 heterocycles. The van der Waals surface area contributed by atoms with Crippen molar-refractivity contribution in [2.75, 3.05) is 26.2 Å². The van der Waals surface area contributed by atoms with E-state index >= 15 is 0 Å². The topological polar surface area (TPSA) is 33.1 Å². The Hall–Kier alpha value is -0.870. The van der Waals surface area contributed by atoms with E-state index in [2.05, 4.69) is 22.2 Å². The SMILES string of the molecule is CCCCN(CCn1cccn1)CC1CCCN1. The Bertz CT molecular complexity index is 304. The van der Waals surface area contributed by atoms with Crippen molar-refractivity contribution in [2.24, 2.45) is 0 Å². The normalized spacial score (nSPS) is 19.8. The van der Waals surface area contributed by atoms with Crippen LogP contribution in [0.15, 0.2) is 18.5 Å². The second-order valence-electron chi connectivity index (χ2n) is 5.22. The zero-order valence-corrected chi connectivity index (χ0v) is 11.5. The summed E-state index contributed by atoms with van der Waals surface area (Å²) >= 11 is 0. The van der Waals surface area contributed by atoms with Crippen LogP contribution in [0.5, 0.6) is 0 Å². The van der Waals surface area contributed by atoms with Gasteiger partial charge in [-0.25, -0.2) is 0 Å². The van der Waals surface area contributed by atoms with Crippen molar-refractivity contribution < 1.29 is 0 Å². The minimum absolute atomic E-state index is 0.708. The summed E-state index contributed by atoms with van der Waals surface area (Å²) in [7, 11) is 0. The van der Waals surface area contributed by atoms with Crippen LogP contribution in [0.1, 0.15) is 32.6 Å². The number of unbranched alkanes of at least 4 members (excludes halogenated alkanes) is 1. The van der Waals surface area contributed by atoms with Crippen LogP contribution in [0.4, 0.5) is 0 Å². The van der Waals surface area contributed by atoms with E-state index in [-0.39, 0.29) is 0 Å². The van der Waals surface area contributed by atoms with E-state index in [1.165, 1.54) is 45.3 Å². The number of rotatable bonds is 8. The fourth-order valence-corrected chi connectivity index (χ4v) is 2.58. The van der Waals surface area contributed by atoms with Crippen LogP contribution < -0.4 is 5.32 Å². The molecule has 1 aromatic heterocycles. The molecule has 1 fully saturated rings. The quantitative estimate of drug-likeness (QED) is 0.763. The maximum Gasteiger partial charge on any atom is 0.0536 e. The molecule has 1 aliphatic heterocycles. The van der Waals surface area contributed by atoms with Crippen molar-refractivity contribution in [1.29, 1.82) is 0 Å². The lowest BCUT2D eigenvalue weighted by molar-refractivity contribution is 0.233. The van der Waals surface area contributed by atoms with Gasteiger partial charge in [-0.05, 0) is 38.4 Å². The van der Waals surface area contributed by atoms with Crippen LogP contribution in [0.25, 0.3) is 0 Å². The molecule has 1 aromatic rings. The molecule has 102 valence electrons. The molecule has 4 heteroatoms. The Morgan fingerprint density at radius 2 is 2.39 bits per heavy atom. The zero-order valence-electron chi connectivity index (χ0n) is 11.5. The van der Waals surface area contributed by atoms with E-state index in [0.29, 0.717) is 6.04 Å². The van der Waals surface area contributed by atoms with Gasteiger partial charge in [0.15, 0.2) is 0 Å². The lowest BCUT2D eigenvalue weighted by Crippen LogP contribution is -2.39. The van der Waals surface area contributed by atoms with E-state index in [9.17, 15) is 0 Å². The molecule has 0 bridgehead atoms. The number of aromatic nitrogens is 2. The standard InChI is InChI=1S/C14H26N4/c1-2-3-9-17(13-14-6-4-7-15-14)11-12-18-10-5-8-16-18/h5,8,10,14-15H,2-4,6-7,9,11-13H2,1H3. The van der Waals surface area contributed by atoms with Gasteiger partial charge in [-0.2, -0.15) is 5.10 Å². The minimum atomic E-state index is 0.708. The van der Waals surface area contributed by atoms with Crippen molar-refractivity contribution in [2.45, 2.75) is 45.2 Å². The van der Waals surface area contributed by atoms with Crippen molar-refractivity contribution in [3.8, 4) is 0 Å². The van der Waals surface area contributed by atoms with Gasteiger partial charge < -0.3 is 5.32 Å². The zero-order chi connectivity index (χ0) is 12.6. The first-order valence-corrected chi connectivity index (χ1v) is 7.31. The highest BCUT2D eigenvalue weighted by Crippen LogP contribution is 2.08. The fourth-order valence-electron chi connectivity index (χ4n) is 2.58. The Kier molecular flexibility index (Phi) is 5.68. The van der Waals surface area contributed by atoms with E-state index in [4.69, 9.17) is 0 Å². The Morgan fingerprint density at radius 3 is 3.06 bits per heavy atom. The first-order chi connectivity index (χ1) is 8.88. The fraction of sp³-hybridized carbons (Fsp3) is 0.786. The first-order valence-electron chi connectivity index (χ1n) is 7.31. The third-order valence-electron chi connectivity index (χ3n) is 3.67. The van der Waals surface area contributed by atoms with E-state index in [0.717, 1.165) is 13.1 Å². The van der Waals surface area contributed by atoms with E-state index in [1.807, 2.05) is 23.1 Å². The highest BCUT2D eigenvalue weighted by molar-refractivity contribution is 4.80. The molecular weight excluding hydrogens is 224 g/mol. The highest BCUT2D eigenvalue weighted by Gasteiger charge is 2.17. The van der Waals surface area contributed by atoms with Crippen LogP contribution in [0.3, 0.4) is 0 Å². The van der Waals surface area contributed by atoms with Gasteiger partial charge >= 0.3 is 0 Å². The number of hydrogen-bond donors (Lipinski definition) is 1. The monoisotopic (exact) mass is 250 g/mol. The van der Waals surface area contributed by atoms with Crippen LogP contribution in [0.2, 0.25) is 0 Å². The van der Waals surface area contributed by atoms with Gasteiger partial charge in [-0.15, -0.1) is 0 Å². The molecule has 0 radical (unpaired) electrons. The molecule has 1 saturated heterocycles. The van der Waals surface area contributed by atoms with Crippen LogP contribution in [-0.2, 0) is 6.54 Å². The predicted octanol–water partition coefficient (Wildman–Crippen LogP) is 1.74. The van der Waals surface area contributed by atoms with Gasteiger partial charge in [-0.1, -0.05) is 13.3 Å². The molecule has 18 heavy (non-hydrogen) atoms. The molecule has 1 N–H and O–H groups in total. The molecule has 4 nitrogen and oxygen atoms in total. The minimum Gasteiger partial charge on any atom is -0.313 e. The van der Waals surface area contributed by atoms with Crippen molar-refractivity contribution >= 4 is 0 Å². The van der Waals surface area contributed by atoms with Gasteiger partial charge in [0, 0.05) is 31.5 Å². The second kappa shape index (κ2) is 7.54. The summed E-state index contributed by atoms with van der Waals surface area (Å²) in [5.74, 6) is 0.